The molecular formula is C15H13BrClN3O2S2. The van der Waals surface area contributed by atoms with E-state index in [0.29, 0.717) is 41.0 Å². The summed E-state index contributed by atoms with van der Waals surface area (Å²) in [7, 11) is -3.44. The smallest absolute Gasteiger partial charge is 0.252 e. The van der Waals surface area contributed by atoms with Crippen molar-refractivity contribution >= 4 is 54.6 Å². The van der Waals surface area contributed by atoms with Crippen LogP contribution in [0.3, 0.4) is 0 Å². The summed E-state index contributed by atoms with van der Waals surface area (Å²) in [4.78, 5) is 2.07. The maximum Gasteiger partial charge on any atom is 0.252 e. The number of piperazine rings is 1. The molecule has 0 unspecified atom stereocenters. The fraction of sp³-hybridized carbons (Fsp3) is 0.267. The molecule has 1 aromatic carbocycles. The van der Waals surface area contributed by atoms with Crippen molar-refractivity contribution in [2.24, 2.45) is 0 Å². The maximum atomic E-state index is 12.6. The van der Waals surface area contributed by atoms with Crippen LogP contribution in [0.4, 0.5) is 5.69 Å². The number of sulfonamides is 1. The predicted molar refractivity (Wildman–Crippen MR) is 99.2 cm³/mol. The summed E-state index contributed by atoms with van der Waals surface area (Å²) in [5, 5.41) is 9.34. The van der Waals surface area contributed by atoms with E-state index in [0.717, 1.165) is 9.47 Å². The van der Waals surface area contributed by atoms with Crippen molar-refractivity contribution in [1.82, 2.24) is 4.31 Å². The van der Waals surface area contributed by atoms with E-state index in [-0.39, 0.29) is 0 Å². The van der Waals surface area contributed by atoms with Crippen LogP contribution in [0, 0.1) is 11.3 Å². The molecule has 0 spiro atoms. The minimum absolute atomic E-state index is 0.351. The average Bonchev–Trinajstić information content (AvgIpc) is 3.02. The molecule has 0 amide bonds. The molecular weight excluding hydrogens is 434 g/mol. The summed E-state index contributed by atoms with van der Waals surface area (Å²) in [6.07, 6.45) is 0. The van der Waals surface area contributed by atoms with Gasteiger partial charge in [-0.2, -0.15) is 9.57 Å². The molecule has 1 aromatic heterocycles. The molecule has 0 radical (unpaired) electrons. The van der Waals surface area contributed by atoms with Gasteiger partial charge < -0.3 is 4.90 Å². The largest absolute Gasteiger partial charge is 0.369 e. The maximum absolute atomic E-state index is 12.6. The first kappa shape index (κ1) is 17.7. The Labute approximate surface area is 158 Å². The number of benzene rings is 1. The lowest BCUT2D eigenvalue weighted by atomic mass is 10.2. The number of rotatable bonds is 3. The van der Waals surface area contributed by atoms with Crippen LogP contribution in [0.15, 0.2) is 38.3 Å². The van der Waals surface area contributed by atoms with E-state index in [2.05, 4.69) is 20.8 Å². The molecule has 2 heterocycles. The average molecular weight is 447 g/mol. The molecule has 2 aromatic rings. The zero-order valence-corrected chi connectivity index (χ0v) is 16.4. The molecule has 0 atom stereocenters. The molecule has 0 bridgehead atoms. The molecule has 24 heavy (non-hydrogen) atoms. The zero-order valence-electron chi connectivity index (χ0n) is 12.4. The summed E-state index contributed by atoms with van der Waals surface area (Å²) in [5.74, 6) is 0. The fourth-order valence-corrected chi connectivity index (χ4v) is 6.35. The van der Waals surface area contributed by atoms with Gasteiger partial charge in [0.15, 0.2) is 0 Å². The van der Waals surface area contributed by atoms with Crippen LogP contribution in [0.25, 0.3) is 0 Å². The number of hydrogen-bond donors (Lipinski definition) is 0. The van der Waals surface area contributed by atoms with Crippen molar-refractivity contribution in [2.75, 3.05) is 31.1 Å². The van der Waals surface area contributed by atoms with Crippen LogP contribution >= 0.6 is 38.9 Å². The Kier molecular flexibility index (Phi) is 5.18. The molecule has 1 aliphatic heterocycles. The first-order valence-corrected chi connectivity index (χ1v) is 10.5. The van der Waals surface area contributed by atoms with Crippen molar-refractivity contribution in [3.63, 3.8) is 0 Å². The second-order valence-electron chi connectivity index (χ2n) is 5.23. The molecule has 126 valence electrons. The molecule has 0 saturated carbocycles. The van der Waals surface area contributed by atoms with Gasteiger partial charge in [0.1, 0.15) is 10.3 Å². The second-order valence-corrected chi connectivity index (χ2v) is 10.3. The van der Waals surface area contributed by atoms with E-state index in [1.54, 1.807) is 24.3 Å². The topological polar surface area (TPSA) is 64.4 Å². The Morgan fingerprint density at radius 2 is 1.88 bits per heavy atom. The summed E-state index contributed by atoms with van der Waals surface area (Å²) in [6, 6.07) is 10.7. The van der Waals surface area contributed by atoms with Crippen LogP contribution in [0.2, 0.25) is 5.02 Å². The Balaban J connectivity index is 1.72. The number of nitrogens with zero attached hydrogens (tertiary/aromatic N) is 3. The van der Waals surface area contributed by atoms with E-state index in [4.69, 9.17) is 16.9 Å². The predicted octanol–water partition coefficient (Wildman–Crippen LogP) is 3.55. The van der Waals surface area contributed by atoms with Crippen LogP contribution in [0.1, 0.15) is 5.56 Å². The number of thiophene rings is 1. The Hall–Kier alpha value is -1.11. The van der Waals surface area contributed by atoms with Gasteiger partial charge in [0.25, 0.3) is 10.0 Å². The first-order valence-electron chi connectivity index (χ1n) is 7.12. The molecule has 1 fully saturated rings. The molecule has 5 nitrogen and oxygen atoms in total. The highest BCUT2D eigenvalue weighted by atomic mass is 79.9. The number of halogens is 2. The van der Waals surface area contributed by atoms with Crippen molar-refractivity contribution in [1.29, 1.82) is 5.26 Å². The van der Waals surface area contributed by atoms with E-state index in [1.807, 2.05) is 12.1 Å². The Morgan fingerprint density at radius 3 is 2.42 bits per heavy atom. The molecule has 9 heteroatoms. The minimum Gasteiger partial charge on any atom is -0.369 e. The summed E-state index contributed by atoms with van der Waals surface area (Å²) >= 11 is 10.6. The van der Waals surface area contributed by atoms with E-state index in [9.17, 15) is 8.42 Å². The number of nitriles is 1. The van der Waals surface area contributed by atoms with E-state index < -0.39 is 10.0 Å². The molecule has 0 N–H and O–H groups in total. The van der Waals surface area contributed by atoms with Gasteiger partial charge in [-0.15, -0.1) is 11.3 Å². The van der Waals surface area contributed by atoms with Crippen LogP contribution in [0.5, 0.6) is 0 Å². The van der Waals surface area contributed by atoms with Gasteiger partial charge >= 0.3 is 0 Å². The third kappa shape index (κ3) is 3.46. The minimum atomic E-state index is -3.44. The Bertz CT molecular complexity index is 900. The van der Waals surface area contributed by atoms with Gasteiger partial charge in [-0.3, -0.25) is 0 Å². The van der Waals surface area contributed by atoms with Crippen molar-refractivity contribution in [3.8, 4) is 6.07 Å². The highest BCUT2D eigenvalue weighted by molar-refractivity contribution is 9.11. The summed E-state index contributed by atoms with van der Waals surface area (Å²) in [6.45, 7) is 1.98. The number of hydrogen-bond acceptors (Lipinski definition) is 5. The van der Waals surface area contributed by atoms with Crippen LogP contribution < -0.4 is 4.90 Å². The molecule has 0 aliphatic carbocycles. The van der Waals surface area contributed by atoms with E-state index >= 15 is 0 Å². The first-order chi connectivity index (χ1) is 11.4. The van der Waals surface area contributed by atoms with Gasteiger partial charge in [0.2, 0.25) is 0 Å². The summed E-state index contributed by atoms with van der Waals surface area (Å²) in [5.41, 5.74) is 1.33. The fourth-order valence-electron chi connectivity index (χ4n) is 2.54. The monoisotopic (exact) mass is 445 g/mol. The number of anilines is 1. The lowest BCUT2D eigenvalue weighted by molar-refractivity contribution is 0.386. The SMILES string of the molecule is N#Cc1ccc(N2CCN(S(=O)(=O)c3ccc(Br)s3)CC2)cc1Cl. The van der Waals surface area contributed by atoms with Crippen LogP contribution in [-0.4, -0.2) is 38.9 Å². The van der Waals surface area contributed by atoms with Gasteiger partial charge in [-0.05, 0) is 46.3 Å². The van der Waals surface area contributed by atoms with Gasteiger partial charge in [-0.1, -0.05) is 11.6 Å². The highest BCUT2D eigenvalue weighted by Gasteiger charge is 2.29. The normalized spacial score (nSPS) is 16.1. The van der Waals surface area contributed by atoms with Crippen LogP contribution in [-0.2, 0) is 10.0 Å². The molecule has 1 aliphatic rings. The zero-order chi connectivity index (χ0) is 17.3. The van der Waals surface area contributed by atoms with Gasteiger partial charge in [-0.25, -0.2) is 8.42 Å². The lowest BCUT2D eigenvalue weighted by Crippen LogP contribution is -2.48. The standard InChI is InChI=1S/C15H13BrClN3O2S2/c16-14-3-4-15(23-14)24(21,22)20-7-5-19(6-8-20)12-2-1-11(10-18)13(17)9-12/h1-4,9H,5-8H2. The second kappa shape index (κ2) is 7.02. The third-order valence-electron chi connectivity index (χ3n) is 3.82. The molecule has 3 rings (SSSR count). The van der Waals surface area contributed by atoms with Crippen molar-refractivity contribution in [2.45, 2.75) is 4.21 Å². The van der Waals surface area contributed by atoms with Crippen molar-refractivity contribution in [3.05, 3.63) is 44.7 Å². The van der Waals surface area contributed by atoms with Crippen molar-refractivity contribution < 1.29 is 8.42 Å². The third-order valence-corrected chi connectivity index (χ3v) is 8.12. The highest BCUT2D eigenvalue weighted by Crippen LogP contribution is 2.30. The Morgan fingerprint density at radius 1 is 1.17 bits per heavy atom. The summed E-state index contributed by atoms with van der Waals surface area (Å²) < 4.78 is 27.9. The molecule has 1 saturated heterocycles. The van der Waals surface area contributed by atoms with E-state index in [1.165, 1.54) is 15.6 Å². The van der Waals surface area contributed by atoms with Gasteiger partial charge in [0, 0.05) is 31.9 Å². The quantitative estimate of drug-likeness (QED) is 0.723. The lowest BCUT2D eigenvalue weighted by Gasteiger charge is -2.35. The van der Waals surface area contributed by atoms with Gasteiger partial charge in [0.05, 0.1) is 14.4 Å².